The Bertz CT molecular complexity index is 1400. The van der Waals surface area contributed by atoms with E-state index in [9.17, 15) is 4.79 Å². The van der Waals surface area contributed by atoms with Crippen molar-refractivity contribution < 1.29 is 14.3 Å². The Morgan fingerprint density at radius 3 is 2.29 bits per heavy atom. The summed E-state index contributed by atoms with van der Waals surface area (Å²) in [5.41, 5.74) is 5.06. The van der Waals surface area contributed by atoms with Crippen LogP contribution < -0.4 is 14.4 Å². The van der Waals surface area contributed by atoms with Crippen molar-refractivity contribution in [1.29, 1.82) is 0 Å². The van der Waals surface area contributed by atoms with Crippen LogP contribution >= 0.6 is 35.0 Å². The number of anilines is 1. The summed E-state index contributed by atoms with van der Waals surface area (Å²) in [5.74, 6) is 1.19. The molecule has 0 aromatic heterocycles. The lowest BCUT2D eigenvalue weighted by molar-refractivity contribution is -0.113. The summed E-state index contributed by atoms with van der Waals surface area (Å²) in [6.45, 7) is 6.02. The molecule has 3 aromatic carbocycles. The van der Waals surface area contributed by atoms with E-state index in [1.807, 2.05) is 63.2 Å². The van der Waals surface area contributed by atoms with Crippen molar-refractivity contribution in [1.82, 2.24) is 0 Å². The van der Waals surface area contributed by atoms with E-state index in [0.717, 1.165) is 22.3 Å². The molecule has 0 spiro atoms. The molecule has 2 heterocycles. The highest BCUT2D eigenvalue weighted by Gasteiger charge is 2.35. The van der Waals surface area contributed by atoms with E-state index in [-0.39, 0.29) is 12.7 Å². The molecule has 3 aromatic rings. The van der Waals surface area contributed by atoms with Crippen molar-refractivity contribution in [3.63, 3.8) is 0 Å². The summed E-state index contributed by atoms with van der Waals surface area (Å²) >= 11 is 14.0. The Morgan fingerprint density at radius 2 is 1.59 bits per heavy atom. The number of aliphatic imine (C=N–C) groups is 1. The van der Waals surface area contributed by atoms with Crippen LogP contribution in [0.4, 0.5) is 11.4 Å². The van der Waals surface area contributed by atoms with E-state index in [1.54, 1.807) is 17.0 Å². The van der Waals surface area contributed by atoms with Gasteiger partial charge in [-0.2, -0.15) is 0 Å². The van der Waals surface area contributed by atoms with E-state index >= 15 is 0 Å². The van der Waals surface area contributed by atoms with E-state index in [4.69, 9.17) is 37.7 Å². The van der Waals surface area contributed by atoms with Crippen LogP contribution in [0.3, 0.4) is 0 Å². The van der Waals surface area contributed by atoms with Gasteiger partial charge in [-0.05, 0) is 97.3 Å². The van der Waals surface area contributed by atoms with Crippen LogP contribution in [0.5, 0.6) is 11.5 Å². The Kier molecular flexibility index (Phi) is 6.06. The average molecular weight is 511 g/mol. The van der Waals surface area contributed by atoms with Gasteiger partial charge in [-0.1, -0.05) is 35.3 Å². The predicted molar refractivity (Wildman–Crippen MR) is 140 cm³/mol. The molecule has 34 heavy (non-hydrogen) atoms. The first-order valence-electron chi connectivity index (χ1n) is 10.6. The molecular formula is C26H20Cl2N2O3S. The number of benzene rings is 3. The minimum atomic E-state index is -0.182. The number of fused-ring (bicyclic) bond motifs is 1. The zero-order chi connectivity index (χ0) is 24.0. The number of amidine groups is 1. The normalized spacial score (nSPS) is 17.3. The van der Waals surface area contributed by atoms with Gasteiger partial charge in [0.2, 0.25) is 6.79 Å². The fraction of sp³-hybridized carbons (Fsp3) is 0.154. The summed E-state index contributed by atoms with van der Waals surface area (Å²) in [6.07, 6.45) is 1.86. The second-order valence-electron chi connectivity index (χ2n) is 8.07. The number of carbonyl (C=O) groups is 1. The maximum atomic E-state index is 13.6. The number of amides is 1. The monoisotopic (exact) mass is 510 g/mol. The van der Waals surface area contributed by atoms with Crippen molar-refractivity contribution in [2.24, 2.45) is 4.99 Å². The lowest BCUT2D eigenvalue weighted by Gasteiger charge is -2.16. The zero-order valence-corrected chi connectivity index (χ0v) is 21.0. The van der Waals surface area contributed by atoms with Crippen LogP contribution in [0.25, 0.3) is 6.08 Å². The highest BCUT2D eigenvalue weighted by atomic mass is 35.5. The highest BCUT2D eigenvalue weighted by Crippen LogP contribution is 2.41. The summed E-state index contributed by atoms with van der Waals surface area (Å²) in [4.78, 5) is 20.5. The number of rotatable bonds is 3. The fourth-order valence-corrected chi connectivity index (χ4v) is 4.96. The van der Waals surface area contributed by atoms with Gasteiger partial charge >= 0.3 is 0 Å². The van der Waals surface area contributed by atoms with Crippen LogP contribution in [0.2, 0.25) is 10.0 Å². The van der Waals surface area contributed by atoms with Crippen molar-refractivity contribution >= 4 is 63.5 Å². The van der Waals surface area contributed by atoms with Crippen molar-refractivity contribution in [3.8, 4) is 11.5 Å². The third-order valence-corrected chi connectivity index (χ3v) is 7.43. The van der Waals surface area contributed by atoms with E-state index in [1.165, 1.54) is 11.8 Å². The maximum absolute atomic E-state index is 13.6. The first-order chi connectivity index (χ1) is 16.3. The molecule has 1 amide bonds. The van der Waals surface area contributed by atoms with Gasteiger partial charge in [0.05, 0.1) is 16.3 Å². The van der Waals surface area contributed by atoms with Crippen LogP contribution in [0.1, 0.15) is 22.3 Å². The smallest absolute Gasteiger partial charge is 0.271 e. The molecule has 1 fully saturated rings. The molecule has 1 saturated heterocycles. The molecule has 2 aliphatic rings. The van der Waals surface area contributed by atoms with Crippen LogP contribution in [0, 0.1) is 20.8 Å². The minimum Gasteiger partial charge on any atom is -0.454 e. The molecule has 2 aliphatic heterocycles. The standard InChI is InChI=1S/C26H20Cl2N2O3S/c1-14-4-6-18(11-20(14)27)29-26-30(19-7-5-15(2)21(28)12-19)25(31)24(34-26)10-17-9-23-22(8-16(17)3)32-13-33-23/h4-12H,13H2,1-3H3/b24-10-,29-26?. The Labute approximate surface area is 212 Å². The lowest BCUT2D eigenvalue weighted by Crippen LogP contribution is -2.28. The lowest BCUT2D eigenvalue weighted by atomic mass is 10.1. The number of carbonyl (C=O) groups excluding carboxylic acids is 1. The molecule has 8 heteroatoms. The number of nitrogens with zero attached hydrogens (tertiary/aromatic N) is 2. The van der Waals surface area contributed by atoms with Gasteiger partial charge in [0.15, 0.2) is 16.7 Å². The number of thioether (sulfide) groups is 1. The molecule has 0 N–H and O–H groups in total. The molecule has 172 valence electrons. The third kappa shape index (κ3) is 4.29. The van der Waals surface area contributed by atoms with Crippen LogP contribution in [-0.4, -0.2) is 17.9 Å². The Hall–Kier alpha value is -2.93. The topological polar surface area (TPSA) is 51.1 Å². The summed E-state index contributed by atoms with van der Waals surface area (Å²) in [7, 11) is 0. The maximum Gasteiger partial charge on any atom is 0.271 e. The van der Waals surface area contributed by atoms with Crippen molar-refractivity contribution in [3.05, 3.63) is 85.7 Å². The first kappa shape index (κ1) is 22.8. The van der Waals surface area contributed by atoms with E-state index in [2.05, 4.69) is 0 Å². The largest absolute Gasteiger partial charge is 0.454 e. The SMILES string of the molecule is Cc1ccc(N=C2S/C(=C\c3cc4c(cc3C)OCO4)C(=O)N2c2ccc(C)c(Cl)c2)cc1Cl. The molecule has 5 rings (SSSR count). The molecule has 0 aliphatic carbocycles. The van der Waals surface area contributed by atoms with Gasteiger partial charge in [0.1, 0.15) is 0 Å². The zero-order valence-electron chi connectivity index (χ0n) is 18.7. The Morgan fingerprint density at radius 1 is 0.912 bits per heavy atom. The number of hydrogen-bond donors (Lipinski definition) is 0. The molecule has 0 saturated carbocycles. The van der Waals surface area contributed by atoms with Gasteiger partial charge in [-0.3, -0.25) is 9.69 Å². The van der Waals surface area contributed by atoms with Gasteiger partial charge in [0.25, 0.3) is 5.91 Å². The predicted octanol–water partition coefficient (Wildman–Crippen LogP) is 7.46. The minimum absolute atomic E-state index is 0.182. The second kappa shape index (κ2) is 9.02. The van der Waals surface area contributed by atoms with E-state index in [0.29, 0.717) is 43.0 Å². The number of halogens is 2. The van der Waals surface area contributed by atoms with Crippen LogP contribution in [-0.2, 0) is 4.79 Å². The van der Waals surface area contributed by atoms with E-state index < -0.39 is 0 Å². The molecule has 0 unspecified atom stereocenters. The molecule has 0 radical (unpaired) electrons. The van der Waals surface area contributed by atoms with Gasteiger partial charge < -0.3 is 9.47 Å². The number of ether oxygens (including phenoxy) is 2. The number of aryl methyl sites for hydroxylation is 3. The van der Waals surface area contributed by atoms with Gasteiger partial charge in [-0.25, -0.2) is 4.99 Å². The van der Waals surface area contributed by atoms with Crippen molar-refractivity contribution in [2.75, 3.05) is 11.7 Å². The highest BCUT2D eigenvalue weighted by molar-refractivity contribution is 8.19. The molecule has 5 nitrogen and oxygen atoms in total. The summed E-state index contributed by atoms with van der Waals surface area (Å²) < 4.78 is 11.0. The second-order valence-corrected chi connectivity index (χ2v) is 9.90. The quantitative estimate of drug-likeness (QED) is 0.343. The fourth-order valence-electron chi connectivity index (χ4n) is 3.62. The Balaban J connectivity index is 1.60. The van der Waals surface area contributed by atoms with Gasteiger partial charge in [-0.15, -0.1) is 0 Å². The summed E-state index contributed by atoms with van der Waals surface area (Å²) in [6, 6.07) is 14.9. The first-order valence-corrected chi connectivity index (χ1v) is 12.1. The van der Waals surface area contributed by atoms with Crippen molar-refractivity contribution in [2.45, 2.75) is 20.8 Å². The van der Waals surface area contributed by atoms with Crippen LogP contribution in [0.15, 0.2) is 58.4 Å². The molecule has 0 atom stereocenters. The molecular weight excluding hydrogens is 491 g/mol. The average Bonchev–Trinajstić information content (AvgIpc) is 3.37. The summed E-state index contributed by atoms with van der Waals surface area (Å²) in [5, 5.41) is 1.72. The van der Waals surface area contributed by atoms with Gasteiger partial charge in [0, 0.05) is 10.0 Å². The molecule has 0 bridgehead atoms. The number of hydrogen-bond acceptors (Lipinski definition) is 5. The third-order valence-electron chi connectivity index (χ3n) is 5.65.